The molecular weight excluding hydrogens is 459 g/mol. The van der Waals surface area contributed by atoms with Gasteiger partial charge in [-0.3, -0.25) is 0 Å². The average molecular weight is 509 g/mol. The van der Waals surface area contributed by atoms with Crippen molar-refractivity contribution < 1.29 is 13.9 Å². The van der Waals surface area contributed by atoms with Gasteiger partial charge in [0, 0.05) is 17.0 Å². The molecule has 2 fully saturated rings. The molecule has 0 amide bonds. The van der Waals surface area contributed by atoms with Crippen molar-refractivity contribution in [3.8, 4) is 11.1 Å². The number of hydrogen-bond donors (Lipinski definition) is 0. The predicted molar refractivity (Wildman–Crippen MR) is 152 cm³/mol. The third-order valence-corrected chi connectivity index (χ3v) is 8.70. The van der Waals surface area contributed by atoms with Crippen molar-refractivity contribution in [1.29, 1.82) is 0 Å². The molecule has 1 heterocycles. The van der Waals surface area contributed by atoms with Gasteiger partial charge in [0.2, 0.25) is 0 Å². The van der Waals surface area contributed by atoms with E-state index in [4.69, 9.17) is 9.47 Å². The predicted octanol–water partition coefficient (Wildman–Crippen LogP) is 10.4. The van der Waals surface area contributed by atoms with Crippen LogP contribution in [0.1, 0.15) is 127 Å². The van der Waals surface area contributed by atoms with Crippen LogP contribution in [0.4, 0.5) is 4.39 Å². The summed E-state index contributed by atoms with van der Waals surface area (Å²) in [4.78, 5) is 0. The van der Waals surface area contributed by atoms with Crippen molar-refractivity contribution in [2.45, 2.75) is 116 Å². The van der Waals surface area contributed by atoms with Gasteiger partial charge in [-0.1, -0.05) is 108 Å². The molecule has 1 aliphatic heterocycles. The van der Waals surface area contributed by atoms with Gasteiger partial charge in [-0.25, -0.2) is 4.39 Å². The minimum absolute atomic E-state index is 0.109. The lowest BCUT2D eigenvalue weighted by molar-refractivity contribution is -0.206. The van der Waals surface area contributed by atoms with E-state index >= 15 is 4.39 Å². The van der Waals surface area contributed by atoms with Crippen LogP contribution < -0.4 is 0 Å². The van der Waals surface area contributed by atoms with Crippen molar-refractivity contribution in [1.82, 2.24) is 0 Å². The Bertz CT molecular complexity index is 908. The summed E-state index contributed by atoms with van der Waals surface area (Å²) >= 11 is 0. The highest BCUT2D eigenvalue weighted by Crippen LogP contribution is 2.39. The molecule has 2 aromatic carbocycles. The van der Waals surface area contributed by atoms with E-state index < -0.39 is 0 Å². The van der Waals surface area contributed by atoms with Crippen LogP contribution in [-0.4, -0.2) is 13.2 Å². The summed E-state index contributed by atoms with van der Waals surface area (Å²) in [6, 6.07) is 14.0. The second-order valence-corrected chi connectivity index (χ2v) is 11.6. The zero-order chi connectivity index (χ0) is 25.9. The quantitative estimate of drug-likeness (QED) is 0.251. The molecule has 0 atom stereocenters. The average Bonchev–Trinajstić information content (AvgIpc) is 2.94. The smallest absolute Gasteiger partial charge is 0.183 e. The van der Waals surface area contributed by atoms with E-state index in [0.29, 0.717) is 17.4 Å². The number of benzene rings is 2. The first-order valence-electron chi connectivity index (χ1n) is 15.3. The van der Waals surface area contributed by atoms with Crippen LogP contribution in [0.5, 0.6) is 0 Å². The molecule has 37 heavy (non-hydrogen) atoms. The molecular formula is C34H49FO2. The van der Waals surface area contributed by atoms with Gasteiger partial charge >= 0.3 is 0 Å². The van der Waals surface area contributed by atoms with Crippen molar-refractivity contribution >= 4 is 0 Å². The zero-order valence-corrected chi connectivity index (χ0v) is 23.4. The van der Waals surface area contributed by atoms with Gasteiger partial charge in [0.1, 0.15) is 5.82 Å². The van der Waals surface area contributed by atoms with Crippen LogP contribution in [0.2, 0.25) is 0 Å². The topological polar surface area (TPSA) is 18.5 Å². The lowest BCUT2D eigenvalue weighted by Crippen LogP contribution is -2.27. The highest BCUT2D eigenvalue weighted by Gasteiger charge is 2.24. The molecule has 4 rings (SSSR count). The molecule has 0 unspecified atom stereocenters. The Morgan fingerprint density at radius 2 is 1.27 bits per heavy atom. The van der Waals surface area contributed by atoms with Gasteiger partial charge in [-0.2, -0.15) is 0 Å². The Balaban J connectivity index is 1.25. The summed E-state index contributed by atoms with van der Waals surface area (Å²) < 4.78 is 27.3. The normalized spacial score (nSPS) is 24.3. The van der Waals surface area contributed by atoms with Gasteiger partial charge in [-0.05, 0) is 61.1 Å². The van der Waals surface area contributed by atoms with Gasteiger partial charge in [0.15, 0.2) is 6.29 Å². The fraction of sp³-hybridized carbons (Fsp3) is 0.647. The maximum absolute atomic E-state index is 15.2. The Hall–Kier alpha value is -1.71. The van der Waals surface area contributed by atoms with Crippen LogP contribution >= 0.6 is 0 Å². The van der Waals surface area contributed by atoms with Crippen molar-refractivity contribution in [3.05, 3.63) is 59.4 Å². The summed E-state index contributed by atoms with van der Waals surface area (Å²) in [5.41, 5.74) is 3.78. The number of halogens is 1. The molecule has 0 N–H and O–H groups in total. The number of unbranched alkanes of at least 4 members (excludes halogenated alkanes) is 6. The van der Waals surface area contributed by atoms with Gasteiger partial charge in [0.05, 0.1) is 13.2 Å². The summed E-state index contributed by atoms with van der Waals surface area (Å²) in [5, 5.41) is 0. The summed E-state index contributed by atoms with van der Waals surface area (Å²) in [6.07, 6.45) is 17.8. The number of rotatable bonds is 13. The summed E-state index contributed by atoms with van der Waals surface area (Å²) in [5.74, 6) is 1.78. The van der Waals surface area contributed by atoms with Crippen LogP contribution in [0.25, 0.3) is 11.1 Å². The molecule has 204 valence electrons. The van der Waals surface area contributed by atoms with Crippen LogP contribution in [-0.2, 0) is 9.47 Å². The molecule has 3 heteroatoms. The van der Waals surface area contributed by atoms with E-state index in [1.165, 1.54) is 95.5 Å². The monoisotopic (exact) mass is 508 g/mol. The minimum Gasteiger partial charge on any atom is -0.348 e. The number of ether oxygens (including phenoxy) is 2. The van der Waals surface area contributed by atoms with E-state index in [1.54, 1.807) is 6.07 Å². The fourth-order valence-electron chi connectivity index (χ4n) is 6.25. The van der Waals surface area contributed by atoms with E-state index in [2.05, 4.69) is 19.9 Å². The van der Waals surface area contributed by atoms with Crippen molar-refractivity contribution in [2.75, 3.05) is 13.2 Å². The first-order chi connectivity index (χ1) is 18.2. The largest absolute Gasteiger partial charge is 0.348 e. The molecule has 0 spiro atoms. The van der Waals surface area contributed by atoms with Crippen molar-refractivity contribution in [2.24, 2.45) is 11.8 Å². The number of hydrogen-bond acceptors (Lipinski definition) is 2. The first kappa shape index (κ1) is 28.3. The van der Waals surface area contributed by atoms with E-state index in [0.717, 1.165) is 30.3 Å². The molecule has 2 aliphatic rings. The Morgan fingerprint density at radius 1 is 0.676 bits per heavy atom. The third kappa shape index (κ3) is 8.39. The van der Waals surface area contributed by atoms with E-state index in [-0.39, 0.29) is 12.1 Å². The second-order valence-electron chi connectivity index (χ2n) is 11.6. The van der Waals surface area contributed by atoms with Crippen LogP contribution in [0.3, 0.4) is 0 Å². The first-order valence-corrected chi connectivity index (χ1v) is 15.3. The second kappa shape index (κ2) is 15.0. The Kier molecular flexibility index (Phi) is 11.5. The van der Waals surface area contributed by atoms with Crippen LogP contribution in [0.15, 0.2) is 42.5 Å². The van der Waals surface area contributed by atoms with Gasteiger partial charge in [-0.15, -0.1) is 0 Å². The molecule has 2 nitrogen and oxygen atoms in total. The fourth-order valence-corrected chi connectivity index (χ4v) is 6.25. The maximum Gasteiger partial charge on any atom is 0.183 e. The van der Waals surface area contributed by atoms with Crippen LogP contribution in [0, 0.1) is 17.7 Å². The Labute approximate surface area is 225 Å². The van der Waals surface area contributed by atoms with Gasteiger partial charge in [0.25, 0.3) is 0 Å². The molecule has 1 saturated carbocycles. The molecule has 0 radical (unpaired) electrons. The van der Waals surface area contributed by atoms with Crippen molar-refractivity contribution in [3.63, 3.8) is 0 Å². The highest BCUT2D eigenvalue weighted by atomic mass is 19.1. The molecule has 1 aliphatic carbocycles. The molecule has 0 bridgehead atoms. The lowest BCUT2D eigenvalue weighted by atomic mass is 9.77. The van der Waals surface area contributed by atoms with E-state index in [1.807, 2.05) is 30.3 Å². The Morgan fingerprint density at radius 3 is 1.95 bits per heavy atom. The third-order valence-electron chi connectivity index (χ3n) is 8.70. The highest BCUT2D eigenvalue weighted by molar-refractivity contribution is 5.65. The van der Waals surface area contributed by atoms with Gasteiger partial charge < -0.3 is 9.47 Å². The minimum atomic E-state index is -0.310. The molecule has 1 saturated heterocycles. The molecule has 2 aromatic rings. The SMILES string of the molecule is CCCCCCCC1COC(c2ccc(-c3ccc(C4CCC(CCCCC)CC4)cc3F)cc2)OC1. The standard InChI is InChI=1S/C34H49FO2/c1-3-5-7-8-10-12-27-24-36-34(37-25-27)30-19-17-29(18-20-30)32-22-21-31(23-33(32)35)28-15-13-26(14-16-28)11-9-6-4-2/h17-23,26-28,34H,3-16,24-25H2,1-2H3. The summed E-state index contributed by atoms with van der Waals surface area (Å²) in [7, 11) is 0. The zero-order valence-electron chi connectivity index (χ0n) is 23.4. The van der Waals surface area contributed by atoms with E-state index in [9.17, 15) is 0 Å². The summed E-state index contributed by atoms with van der Waals surface area (Å²) in [6.45, 7) is 6.05. The maximum atomic E-state index is 15.2. The molecule has 0 aromatic heterocycles. The lowest BCUT2D eigenvalue weighted by Gasteiger charge is -2.30.